The molecule has 0 saturated heterocycles. The van der Waals surface area contributed by atoms with Crippen LogP contribution in [0.3, 0.4) is 0 Å². The normalized spacial score (nSPS) is 46.1. The molecule has 0 amide bonds. The highest BCUT2D eigenvalue weighted by atomic mass is 16.3. The molecule has 3 saturated carbocycles. The quantitative estimate of drug-likeness (QED) is 0.520. The van der Waals surface area contributed by atoms with Crippen LogP contribution in [-0.4, -0.2) is 27.2 Å². The fourth-order valence-electron chi connectivity index (χ4n) is 8.60. The summed E-state index contributed by atoms with van der Waals surface area (Å²) in [6, 6.07) is 0. The number of allylic oxidation sites excluding steroid dienone is 1. The molecule has 0 aliphatic heterocycles. The summed E-state index contributed by atoms with van der Waals surface area (Å²) in [6.45, 7) is 13.0. The molecular weight excluding hydrogens is 384 g/mol. The molecule has 4 aliphatic rings. The van der Waals surface area contributed by atoms with Gasteiger partial charge in [-0.2, -0.15) is 0 Å². The lowest BCUT2D eigenvalue weighted by Crippen LogP contribution is -2.56. The van der Waals surface area contributed by atoms with Crippen molar-refractivity contribution in [1.82, 2.24) is 0 Å². The van der Waals surface area contributed by atoms with Crippen molar-refractivity contribution in [3.05, 3.63) is 11.6 Å². The summed E-state index contributed by atoms with van der Waals surface area (Å²) in [5.74, 6) is 2.88. The van der Waals surface area contributed by atoms with E-state index in [-0.39, 0.29) is 16.7 Å². The van der Waals surface area contributed by atoms with Gasteiger partial charge < -0.3 is 10.2 Å². The van der Waals surface area contributed by atoms with E-state index in [1.165, 1.54) is 18.4 Å². The number of ketones is 1. The smallest absolute Gasteiger partial charge is 0.137 e. The monoisotopic (exact) mass is 430 g/mol. The van der Waals surface area contributed by atoms with Gasteiger partial charge in [0.05, 0.1) is 11.2 Å². The van der Waals surface area contributed by atoms with Crippen molar-refractivity contribution in [2.75, 3.05) is 0 Å². The Bertz CT molecular complexity index is 748. The Hall–Kier alpha value is -0.670. The summed E-state index contributed by atoms with van der Waals surface area (Å²) in [5.41, 5.74) is 0.250. The molecule has 3 nitrogen and oxygen atoms in total. The van der Waals surface area contributed by atoms with E-state index in [0.29, 0.717) is 29.5 Å². The van der Waals surface area contributed by atoms with Crippen LogP contribution in [-0.2, 0) is 4.79 Å². The molecule has 0 radical (unpaired) electrons. The van der Waals surface area contributed by atoms with Crippen LogP contribution < -0.4 is 0 Å². The highest BCUT2D eigenvalue weighted by molar-refractivity contribution is 5.85. The number of carbonyl (C=O) groups is 1. The molecule has 4 aliphatic carbocycles. The predicted molar refractivity (Wildman–Crippen MR) is 126 cm³/mol. The van der Waals surface area contributed by atoms with Gasteiger partial charge in [-0.3, -0.25) is 4.79 Å². The van der Waals surface area contributed by atoms with E-state index < -0.39 is 11.2 Å². The molecule has 31 heavy (non-hydrogen) atoms. The van der Waals surface area contributed by atoms with Crippen LogP contribution >= 0.6 is 0 Å². The van der Waals surface area contributed by atoms with Crippen molar-refractivity contribution >= 4 is 5.78 Å². The van der Waals surface area contributed by atoms with Crippen LogP contribution in [0, 0.1) is 40.4 Å². The zero-order chi connectivity index (χ0) is 22.8. The fraction of sp³-hybridized carbons (Fsp3) is 0.893. The minimum Gasteiger partial charge on any atom is -0.390 e. The molecule has 0 aromatic heterocycles. The minimum absolute atomic E-state index is 0.0483. The van der Waals surface area contributed by atoms with Crippen LogP contribution in [0.1, 0.15) is 106 Å². The third-order valence-corrected chi connectivity index (χ3v) is 10.6. The molecule has 0 heterocycles. The molecule has 0 aromatic rings. The maximum absolute atomic E-state index is 13.8. The Kier molecular flexibility index (Phi) is 5.83. The van der Waals surface area contributed by atoms with Gasteiger partial charge >= 0.3 is 0 Å². The number of fused-ring (bicyclic) bond motifs is 5. The molecule has 2 N–H and O–H groups in total. The number of carbonyl (C=O) groups excluding carboxylic acids is 1. The maximum Gasteiger partial charge on any atom is 0.137 e. The van der Waals surface area contributed by atoms with Gasteiger partial charge in [0.25, 0.3) is 0 Å². The van der Waals surface area contributed by atoms with Crippen molar-refractivity contribution in [1.29, 1.82) is 0 Å². The van der Waals surface area contributed by atoms with E-state index in [0.717, 1.165) is 51.4 Å². The average molecular weight is 431 g/mol. The van der Waals surface area contributed by atoms with Crippen molar-refractivity contribution in [2.24, 2.45) is 40.4 Å². The Morgan fingerprint density at radius 2 is 1.90 bits per heavy atom. The van der Waals surface area contributed by atoms with Gasteiger partial charge in [-0.05, 0) is 106 Å². The molecule has 0 aromatic carbocycles. The lowest BCUT2D eigenvalue weighted by molar-refractivity contribution is -0.147. The van der Waals surface area contributed by atoms with Crippen LogP contribution in [0.2, 0.25) is 0 Å². The van der Waals surface area contributed by atoms with Crippen molar-refractivity contribution < 1.29 is 15.0 Å². The third-order valence-electron chi connectivity index (χ3n) is 10.6. The maximum atomic E-state index is 13.8. The molecule has 3 fully saturated rings. The second-order valence-electron chi connectivity index (χ2n) is 13.0. The third kappa shape index (κ3) is 3.86. The van der Waals surface area contributed by atoms with E-state index in [1.54, 1.807) is 0 Å². The Labute approximate surface area is 190 Å². The first-order valence-electron chi connectivity index (χ1n) is 13.0. The number of rotatable bonds is 5. The zero-order valence-corrected chi connectivity index (χ0v) is 20.8. The second kappa shape index (κ2) is 7.69. The van der Waals surface area contributed by atoms with E-state index in [4.69, 9.17) is 0 Å². The van der Waals surface area contributed by atoms with E-state index in [2.05, 4.69) is 33.8 Å². The Morgan fingerprint density at radius 1 is 1.19 bits per heavy atom. The van der Waals surface area contributed by atoms with Gasteiger partial charge in [-0.1, -0.05) is 39.3 Å². The highest BCUT2D eigenvalue weighted by Gasteiger charge is 2.62. The number of aliphatic hydroxyl groups is 2. The van der Waals surface area contributed by atoms with E-state index >= 15 is 0 Å². The first kappa shape index (κ1) is 23.5. The van der Waals surface area contributed by atoms with Gasteiger partial charge in [0, 0.05) is 12.3 Å². The summed E-state index contributed by atoms with van der Waals surface area (Å²) in [5, 5.41) is 21.2. The highest BCUT2D eigenvalue weighted by Crippen LogP contribution is 2.67. The van der Waals surface area contributed by atoms with Gasteiger partial charge in [0.15, 0.2) is 0 Å². The number of hydrogen-bond acceptors (Lipinski definition) is 3. The molecule has 3 heteroatoms. The zero-order valence-electron chi connectivity index (χ0n) is 20.8. The SMILES string of the molecule is CC[C@]1(O)CC[C@@]2(C)C(=CC[C@H]3[C@@H]4CC[C@H]([C@H](C)CCC(C)(C)O)[C@@]4(C)CC(=O)[C@@H]32)C1. The van der Waals surface area contributed by atoms with Crippen LogP contribution in [0.15, 0.2) is 11.6 Å². The topological polar surface area (TPSA) is 57.5 Å². The summed E-state index contributed by atoms with van der Waals surface area (Å²) < 4.78 is 0. The number of hydrogen-bond donors (Lipinski definition) is 2. The largest absolute Gasteiger partial charge is 0.390 e. The predicted octanol–water partition coefficient (Wildman–Crippen LogP) is 6.07. The molecule has 8 atom stereocenters. The minimum atomic E-state index is -0.610. The van der Waals surface area contributed by atoms with Gasteiger partial charge in [0.2, 0.25) is 0 Å². The van der Waals surface area contributed by atoms with Crippen LogP contribution in [0.4, 0.5) is 0 Å². The molecule has 4 rings (SSSR count). The number of Topliss-reactive ketones (excluding diaryl/α,β-unsaturated/α-hetero) is 1. The first-order valence-corrected chi connectivity index (χ1v) is 13.0. The van der Waals surface area contributed by atoms with Gasteiger partial charge in [-0.25, -0.2) is 0 Å². The molecule has 0 spiro atoms. The van der Waals surface area contributed by atoms with Crippen LogP contribution in [0.25, 0.3) is 0 Å². The summed E-state index contributed by atoms with van der Waals surface area (Å²) in [7, 11) is 0. The van der Waals surface area contributed by atoms with Gasteiger partial charge in [0.1, 0.15) is 5.78 Å². The second-order valence-corrected chi connectivity index (χ2v) is 13.0. The molecule has 0 unspecified atom stereocenters. The summed E-state index contributed by atoms with van der Waals surface area (Å²) in [6.07, 6.45) is 11.9. The average Bonchev–Trinajstić information content (AvgIpc) is 3.02. The molecular formula is C28H46O3. The van der Waals surface area contributed by atoms with Crippen molar-refractivity contribution in [3.63, 3.8) is 0 Å². The lowest BCUT2D eigenvalue weighted by atomic mass is 9.45. The summed E-state index contributed by atoms with van der Waals surface area (Å²) in [4.78, 5) is 13.8. The van der Waals surface area contributed by atoms with Crippen LogP contribution in [0.5, 0.6) is 0 Å². The summed E-state index contributed by atoms with van der Waals surface area (Å²) >= 11 is 0. The molecule has 0 bridgehead atoms. The van der Waals surface area contributed by atoms with Crippen molar-refractivity contribution in [2.45, 2.75) is 117 Å². The standard InChI is InChI=1S/C28H46O3/c1-7-28(31)15-14-26(5)19(16-28)8-9-20-22-11-10-21(18(2)12-13-25(3,4)30)27(22,6)17-23(29)24(20)26/h8,18,20-22,24,30-31H,7,9-17H2,1-6H3/t18-,20+,21-,22+,24-,26+,27-,28+/m1/s1. The van der Waals surface area contributed by atoms with Gasteiger partial charge in [-0.15, -0.1) is 0 Å². The van der Waals surface area contributed by atoms with E-state index in [1.807, 2.05) is 13.8 Å². The van der Waals surface area contributed by atoms with E-state index in [9.17, 15) is 15.0 Å². The molecule has 176 valence electrons. The lowest BCUT2D eigenvalue weighted by Gasteiger charge is -2.58. The van der Waals surface area contributed by atoms with Crippen molar-refractivity contribution in [3.8, 4) is 0 Å². The first-order chi connectivity index (χ1) is 14.3. The fourth-order valence-corrected chi connectivity index (χ4v) is 8.60. The Morgan fingerprint density at radius 3 is 2.55 bits per heavy atom. The Balaban J connectivity index is 1.58.